The highest BCUT2D eigenvalue weighted by Gasteiger charge is 2.29. The molecule has 0 aliphatic carbocycles. The van der Waals surface area contributed by atoms with Crippen LogP contribution in [-0.2, 0) is 19.5 Å². The van der Waals surface area contributed by atoms with Gasteiger partial charge in [0.25, 0.3) is 5.82 Å². The second-order valence-corrected chi connectivity index (χ2v) is 6.33. The van der Waals surface area contributed by atoms with Gasteiger partial charge >= 0.3 is 0 Å². The highest BCUT2D eigenvalue weighted by Crippen LogP contribution is 2.24. The Hall–Kier alpha value is -2.88. The van der Waals surface area contributed by atoms with Crippen LogP contribution >= 0.6 is 0 Å². The fourth-order valence-corrected chi connectivity index (χ4v) is 3.53. The van der Waals surface area contributed by atoms with Crippen molar-refractivity contribution < 1.29 is 14.1 Å². The van der Waals surface area contributed by atoms with Crippen molar-refractivity contribution in [2.24, 2.45) is 0 Å². The number of fused-ring (bicyclic) bond motifs is 1. The van der Waals surface area contributed by atoms with Gasteiger partial charge in [-0.1, -0.05) is 42.5 Å². The van der Waals surface area contributed by atoms with E-state index in [9.17, 15) is 4.79 Å². The number of hydrogen-bond donors (Lipinski definition) is 0. The molecule has 2 heterocycles. The number of aromatic nitrogens is 2. The van der Waals surface area contributed by atoms with E-state index in [0.29, 0.717) is 17.9 Å². The zero-order valence-corrected chi connectivity index (χ0v) is 14.3. The van der Waals surface area contributed by atoms with E-state index in [2.05, 4.69) is 39.6 Å². The summed E-state index contributed by atoms with van der Waals surface area (Å²) in [5, 5.41) is 0. The number of nitrogens with zero attached hydrogens (tertiary/aromatic N) is 2. The molecule has 0 unspecified atom stereocenters. The highest BCUT2D eigenvalue weighted by atomic mass is 16.5. The van der Waals surface area contributed by atoms with Crippen molar-refractivity contribution in [3.63, 3.8) is 0 Å². The number of ether oxygens (including phenoxy) is 1. The predicted molar refractivity (Wildman–Crippen MR) is 95.7 cm³/mol. The Bertz CT molecular complexity index is 913. The summed E-state index contributed by atoms with van der Waals surface area (Å²) in [6.45, 7) is 1.37. The van der Waals surface area contributed by atoms with Crippen LogP contribution in [0.3, 0.4) is 0 Å². The minimum absolute atomic E-state index is 0.101. The molecule has 1 aromatic heterocycles. The van der Waals surface area contributed by atoms with Crippen LogP contribution in [0.25, 0.3) is 11.3 Å². The topological polar surface area (TPSA) is 35.1 Å². The summed E-state index contributed by atoms with van der Waals surface area (Å²) in [5.41, 5.74) is 3.07. The normalized spacial score (nSPS) is 12.8. The summed E-state index contributed by atoms with van der Waals surface area (Å²) >= 11 is 0. The van der Waals surface area contributed by atoms with Crippen LogP contribution < -0.4 is 9.30 Å². The first-order valence-electron chi connectivity index (χ1n) is 8.61. The Morgan fingerprint density at radius 3 is 2.80 bits per heavy atom. The number of carbonyl (C=O) groups excluding carboxylic acids is 1. The van der Waals surface area contributed by atoms with Crippen LogP contribution in [0, 0.1) is 0 Å². The van der Waals surface area contributed by atoms with Crippen molar-refractivity contribution in [2.75, 3.05) is 7.11 Å². The molecule has 0 radical (unpaired) electrons. The maximum Gasteiger partial charge on any atom is 0.257 e. The Labute approximate surface area is 147 Å². The van der Waals surface area contributed by atoms with Crippen LogP contribution in [0.1, 0.15) is 22.6 Å². The molecule has 2 aromatic carbocycles. The molecule has 126 valence electrons. The molecule has 4 heteroatoms. The van der Waals surface area contributed by atoms with E-state index < -0.39 is 0 Å². The van der Waals surface area contributed by atoms with Gasteiger partial charge in [-0.15, -0.1) is 0 Å². The Morgan fingerprint density at radius 1 is 1.16 bits per heavy atom. The SMILES string of the molecule is COc1cccc(C(=O)C[n+]2cc(-c3ccccc3)n3c2CCC3)c1. The fraction of sp³-hybridized carbons (Fsp3) is 0.238. The molecule has 0 saturated carbocycles. The van der Waals surface area contributed by atoms with Crippen molar-refractivity contribution in [3.05, 3.63) is 72.2 Å². The fourth-order valence-electron chi connectivity index (χ4n) is 3.53. The van der Waals surface area contributed by atoms with Crippen molar-refractivity contribution in [2.45, 2.75) is 25.9 Å². The number of imidazole rings is 1. The van der Waals surface area contributed by atoms with E-state index >= 15 is 0 Å². The molecular weight excluding hydrogens is 312 g/mol. The molecule has 0 atom stereocenters. The average Bonchev–Trinajstić information content (AvgIpc) is 3.26. The van der Waals surface area contributed by atoms with Gasteiger partial charge in [0, 0.05) is 11.1 Å². The minimum atomic E-state index is 0.101. The van der Waals surface area contributed by atoms with Crippen LogP contribution in [0.4, 0.5) is 0 Å². The lowest BCUT2D eigenvalue weighted by Crippen LogP contribution is -2.40. The summed E-state index contributed by atoms with van der Waals surface area (Å²) in [6.07, 6.45) is 4.25. The van der Waals surface area contributed by atoms with Crippen molar-refractivity contribution in [1.82, 2.24) is 4.57 Å². The first kappa shape index (κ1) is 15.6. The molecular formula is C21H21N2O2+. The molecule has 4 nitrogen and oxygen atoms in total. The third-order valence-corrected chi connectivity index (χ3v) is 4.77. The predicted octanol–water partition coefficient (Wildman–Crippen LogP) is 3.28. The zero-order chi connectivity index (χ0) is 17.2. The molecule has 4 rings (SSSR count). The quantitative estimate of drug-likeness (QED) is 0.530. The molecule has 1 aliphatic heterocycles. The largest absolute Gasteiger partial charge is 0.497 e. The number of methoxy groups -OCH3 is 1. The summed E-state index contributed by atoms with van der Waals surface area (Å²) < 4.78 is 9.68. The smallest absolute Gasteiger partial charge is 0.257 e. The molecule has 1 aliphatic rings. The maximum absolute atomic E-state index is 12.7. The maximum atomic E-state index is 12.7. The van der Waals surface area contributed by atoms with Crippen molar-refractivity contribution >= 4 is 5.78 Å². The van der Waals surface area contributed by atoms with E-state index in [4.69, 9.17) is 4.74 Å². The van der Waals surface area contributed by atoms with Gasteiger partial charge in [-0.3, -0.25) is 4.79 Å². The molecule has 0 fully saturated rings. The van der Waals surface area contributed by atoms with E-state index in [1.54, 1.807) is 13.2 Å². The number of ketones is 1. The number of hydrogen-bond acceptors (Lipinski definition) is 2. The Balaban J connectivity index is 1.66. The van der Waals surface area contributed by atoms with E-state index in [1.807, 2.05) is 24.3 Å². The number of carbonyl (C=O) groups is 1. The van der Waals surface area contributed by atoms with Crippen LogP contribution in [0.2, 0.25) is 0 Å². The molecule has 0 bridgehead atoms. The molecule has 0 N–H and O–H groups in total. The third-order valence-electron chi connectivity index (χ3n) is 4.77. The van der Waals surface area contributed by atoms with Crippen LogP contribution in [0.5, 0.6) is 5.75 Å². The van der Waals surface area contributed by atoms with Gasteiger partial charge in [0.1, 0.15) is 11.9 Å². The lowest BCUT2D eigenvalue weighted by atomic mass is 10.1. The Morgan fingerprint density at radius 2 is 2.00 bits per heavy atom. The summed E-state index contributed by atoms with van der Waals surface area (Å²) in [5.74, 6) is 2.04. The lowest BCUT2D eigenvalue weighted by molar-refractivity contribution is -0.689. The minimum Gasteiger partial charge on any atom is -0.497 e. The summed E-state index contributed by atoms with van der Waals surface area (Å²) in [6, 6.07) is 17.7. The summed E-state index contributed by atoms with van der Waals surface area (Å²) in [4.78, 5) is 12.7. The average molecular weight is 333 g/mol. The second kappa shape index (κ2) is 6.55. The van der Waals surface area contributed by atoms with E-state index in [-0.39, 0.29) is 5.78 Å². The van der Waals surface area contributed by atoms with Crippen molar-refractivity contribution in [1.29, 1.82) is 0 Å². The standard InChI is InChI=1S/C21H21N2O2/c1-25-18-10-5-9-17(13-18)20(24)15-22-14-19(16-7-3-2-4-8-16)23-12-6-11-21(22)23/h2-5,7-10,13-14H,6,11-12,15H2,1H3/q+1. The Kier molecular flexibility index (Phi) is 4.10. The monoisotopic (exact) mass is 333 g/mol. The highest BCUT2D eigenvalue weighted by molar-refractivity contribution is 5.95. The van der Waals surface area contributed by atoms with E-state index in [0.717, 1.165) is 19.4 Å². The number of rotatable bonds is 5. The molecule has 25 heavy (non-hydrogen) atoms. The van der Waals surface area contributed by atoms with E-state index in [1.165, 1.54) is 17.1 Å². The van der Waals surface area contributed by atoms with Gasteiger partial charge in [0.15, 0.2) is 12.2 Å². The van der Waals surface area contributed by atoms with Gasteiger partial charge in [-0.2, -0.15) is 0 Å². The number of benzene rings is 2. The zero-order valence-electron chi connectivity index (χ0n) is 14.3. The first-order valence-corrected chi connectivity index (χ1v) is 8.61. The van der Waals surface area contributed by atoms with Gasteiger partial charge in [0.05, 0.1) is 20.1 Å². The van der Waals surface area contributed by atoms with Gasteiger partial charge in [-0.05, 0) is 18.6 Å². The van der Waals surface area contributed by atoms with Crippen molar-refractivity contribution in [3.8, 4) is 17.0 Å². The molecule has 0 saturated heterocycles. The van der Waals surface area contributed by atoms with Crippen LogP contribution in [0.15, 0.2) is 60.8 Å². The van der Waals surface area contributed by atoms with Gasteiger partial charge in [-0.25, -0.2) is 9.13 Å². The molecule has 0 spiro atoms. The van der Waals surface area contributed by atoms with Gasteiger partial charge < -0.3 is 4.74 Å². The lowest BCUT2D eigenvalue weighted by Gasteiger charge is -2.03. The molecule has 3 aromatic rings. The third kappa shape index (κ3) is 2.95. The molecule has 0 amide bonds. The number of Topliss-reactive ketones (excluding diaryl/α,β-unsaturated/α-hetero) is 1. The van der Waals surface area contributed by atoms with Crippen LogP contribution in [-0.4, -0.2) is 17.5 Å². The summed E-state index contributed by atoms with van der Waals surface area (Å²) in [7, 11) is 1.62. The second-order valence-electron chi connectivity index (χ2n) is 6.33. The first-order chi connectivity index (χ1) is 12.3. The van der Waals surface area contributed by atoms with Gasteiger partial charge in [0.2, 0.25) is 5.78 Å².